The molecule has 0 aliphatic rings. The maximum absolute atomic E-state index is 3.78. The van der Waals surface area contributed by atoms with Gasteiger partial charge >= 0.3 is 0 Å². The maximum atomic E-state index is 3.78. The summed E-state index contributed by atoms with van der Waals surface area (Å²) in [6.45, 7) is 31.7. The molecule has 0 fully saturated rings. The average molecular weight is 546 g/mol. The summed E-state index contributed by atoms with van der Waals surface area (Å²) >= 11 is 0. The van der Waals surface area contributed by atoms with Gasteiger partial charge in [0.05, 0.1) is 0 Å². The second-order valence-corrected chi connectivity index (χ2v) is 9.48. The monoisotopic (exact) mass is 546 g/mol. The molecule has 3 aromatic rings. The van der Waals surface area contributed by atoms with Crippen LogP contribution in [0.3, 0.4) is 0 Å². The Bertz CT molecular complexity index is 560. The third kappa shape index (κ3) is 86.1. The van der Waals surface area contributed by atoms with Crippen LogP contribution in [0.25, 0.3) is 0 Å². The van der Waals surface area contributed by atoms with Crippen molar-refractivity contribution in [3.05, 3.63) is 103 Å². The number of hydrogen-bond acceptors (Lipinski definition) is 1. The Hall–Kier alpha value is -2.41. The smallest absolute Gasteiger partial charge is 0.0267 e. The summed E-state index contributed by atoms with van der Waals surface area (Å²) < 4.78 is 0. The van der Waals surface area contributed by atoms with Crippen molar-refractivity contribution >= 4 is 0 Å². The van der Waals surface area contributed by atoms with E-state index >= 15 is 0 Å². The first-order valence-electron chi connectivity index (χ1n) is 13.9. The van der Waals surface area contributed by atoms with Crippen molar-refractivity contribution in [3.8, 4) is 0 Å². The molecule has 0 unspecified atom stereocenters. The van der Waals surface area contributed by atoms with E-state index in [-0.39, 0.29) is 22.3 Å². The van der Waals surface area contributed by atoms with E-state index in [0.29, 0.717) is 11.3 Å². The third-order valence-corrected chi connectivity index (χ3v) is 2.70. The van der Waals surface area contributed by atoms with E-state index in [1.54, 1.807) is 12.4 Å². The zero-order valence-corrected chi connectivity index (χ0v) is 26.8. The lowest BCUT2D eigenvalue weighted by Gasteiger charge is -2.05. The lowest BCUT2D eigenvalue weighted by atomic mass is 10.0. The Morgan fingerprint density at radius 2 is 0.667 bits per heavy atom. The second kappa shape index (κ2) is 48.6. The first-order valence-corrected chi connectivity index (χ1v) is 13.9. The maximum Gasteiger partial charge on any atom is 0.0267 e. The Morgan fingerprint density at radius 3 is 0.795 bits per heavy atom. The molecule has 1 heteroatoms. The Kier molecular flexibility index (Phi) is 70.7. The quantitative estimate of drug-likeness (QED) is 0.296. The highest BCUT2D eigenvalue weighted by Crippen LogP contribution is 2.11. The van der Waals surface area contributed by atoms with E-state index in [4.69, 9.17) is 0 Å². The van der Waals surface area contributed by atoms with Crippen LogP contribution < -0.4 is 0 Å². The summed E-state index contributed by atoms with van der Waals surface area (Å²) in [5.41, 5.74) is 1.91. The summed E-state index contributed by atoms with van der Waals surface area (Å²) in [4.78, 5) is 3.78. The van der Waals surface area contributed by atoms with E-state index in [9.17, 15) is 0 Å². The molecule has 0 radical (unpaired) electrons. The molecule has 0 aliphatic carbocycles. The Morgan fingerprint density at radius 1 is 0.462 bits per heavy atom. The average Bonchev–Trinajstić information content (AvgIpc) is 2.90. The van der Waals surface area contributed by atoms with Gasteiger partial charge in [-0.15, -0.1) is 0 Å². The molecule has 0 aliphatic heterocycles. The molecular formula is C38H75N. The van der Waals surface area contributed by atoms with Crippen molar-refractivity contribution in [2.45, 2.75) is 132 Å². The lowest BCUT2D eigenvalue weighted by molar-refractivity contribution is 0.469. The van der Waals surface area contributed by atoms with Crippen LogP contribution in [0.2, 0.25) is 0 Å². The van der Waals surface area contributed by atoms with Crippen molar-refractivity contribution in [1.29, 1.82) is 0 Å². The molecular weight excluding hydrogens is 470 g/mol. The highest BCUT2D eigenvalue weighted by Gasteiger charge is 1.95. The van der Waals surface area contributed by atoms with Crippen LogP contribution in [0.4, 0.5) is 0 Å². The highest BCUT2D eigenvalue weighted by atomic mass is 14.6. The van der Waals surface area contributed by atoms with Gasteiger partial charge in [-0.1, -0.05) is 199 Å². The fourth-order valence-electron chi connectivity index (χ4n) is 1.54. The van der Waals surface area contributed by atoms with Gasteiger partial charge in [-0.25, -0.2) is 0 Å². The van der Waals surface area contributed by atoms with E-state index in [2.05, 4.69) is 91.6 Å². The second-order valence-electron chi connectivity index (χ2n) is 9.48. The molecule has 0 spiro atoms. The molecule has 1 nitrogen and oxygen atoms in total. The molecule has 3 rings (SSSR count). The van der Waals surface area contributed by atoms with Gasteiger partial charge in [0.2, 0.25) is 0 Å². The molecule has 39 heavy (non-hydrogen) atoms. The van der Waals surface area contributed by atoms with Crippen LogP contribution in [0.1, 0.15) is 138 Å². The molecule has 1 heterocycles. The fraction of sp³-hybridized carbons (Fsp3) is 0.553. The summed E-state index contributed by atoms with van der Waals surface area (Å²) in [6.07, 6.45) is 3.50. The van der Waals surface area contributed by atoms with Crippen molar-refractivity contribution in [2.24, 2.45) is 11.3 Å². The van der Waals surface area contributed by atoms with Crippen molar-refractivity contribution in [1.82, 2.24) is 4.98 Å². The van der Waals surface area contributed by atoms with E-state index in [1.165, 1.54) is 5.56 Å². The normalized spacial score (nSPS) is 7.72. The minimum atomic E-state index is 0. The number of pyridine rings is 1. The van der Waals surface area contributed by atoms with Gasteiger partial charge in [0.15, 0.2) is 0 Å². The first-order chi connectivity index (χ1) is 17.0. The Balaban J connectivity index is -0.0000000490. The van der Waals surface area contributed by atoms with Crippen molar-refractivity contribution in [2.75, 3.05) is 0 Å². The van der Waals surface area contributed by atoms with E-state index in [0.717, 1.165) is 5.92 Å². The molecule has 0 atom stereocenters. The van der Waals surface area contributed by atoms with E-state index < -0.39 is 0 Å². The predicted molar refractivity (Wildman–Crippen MR) is 191 cm³/mol. The summed E-state index contributed by atoms with van der Waals surface area (Å²) in [7, 11) is 0. The SMILES string of the molecule is C.C.C.CC.CC.CC.CC(C)(C)C.CC(C)C.CC(C)c1ccccc1.c1ccccc1.c1ccncc1. The Labute approximate surface area is 250 Å². The molecule has 0 saturated heterocycles. The third-order valence-electron chi connectivity index (χ3n) is 2.70. The molecule has 1 aromatic heterocycles. The van der Waals surface area contributed by atoms with Gasteiger partial charge < -0.3 is 0 Å². The first kappa shape index (κ1) is 56.7. The highest BCUT2D eigenvalue weighted by molar-refractivity contribution is 5.17. The van der Waals surface area contributed by atoms with Crippen LogP contribution in [-0.4, -0.2) is 4.98 Å². The minimum absolute atomic E-state index is 0. The summed E-state index contributed by atoms with van der Waals surface area (Å²) in [6, 6.07) is 28.2. The van der Waals surface area contributed by atoms with Crippen LogP contribution in [0.15, 0.2) is 97.3 Å². The van der Waals surface area contributed by atoms with Crippen LogP contribution in [0.5, 0.6) is 0 Å². The van der Waals surface area contributed by atoms with Gasteiger partial charge in [0.25, 0.3) is 0 Å². The van der Waals surface area contributed by atoms with Crippen molar-refractivity contribution in [3.63, 3.8) is 0 Å². The molecule has 0 amide bonds. The largest absolute Gasteiger partial charge is 0.265 e. The van der Waals surface area contributed by atoms with Gasteiger partial charge in [-0.05, 0) is 34.9 Å². The number of nitrogens with zero attached hydrogens (tertiary/aromatic N) is 1. The standard InChI is InChI=1S/C9H12.C6H6.C5H5N.C5H12.C4H10.3C2H6.3CH4/c1-8(2)9-6-4-3-5-7-9;2*1-2-4-6-5-3-1;1-5(2,3)4;1-4(2)3;3*1-2;;;/h3-8H,1-2H3;1-6H;1-5H;1-4H3;4H,1-3H3;3*1-2H3;3*1H4. The number of rotatable bonds is 1. The van der Waals surface area contributed by atoms with E-state index in [1.807, 2.05) is 102 Å². The zero-order chi connectivity index (χ0) is 29.3. The minimum Gasteiger partial charge on any atom is -0.265 e. The fourth-order valence-corrected chi connectivity index (χ4v) is 1.54. The van der Waals surface area contributed by atoms with Crippen LogP contribution >= 0.6 is 0 Å². The van der Waals surface area contributed by atoms with Crippen LogP contribution in [0, 0.1) is 11.3 Å². The number of hydrogen-bond donors (Lipinski definition) is 0. The van der Waals surface area contributed by atoms with Gasteiger partial charge in [0.1, 0.15) is 0 Å². The van der Waals surface area contributed by atoms with Crippen LogP contribution in [-0.2, 0) is 0 Å². The lowest BCUT2D eigenvalue weighted by Crippen LogP contribution is -1.93. The summed E-state index contributed by atoms with van der Waals surface area (Å²) in [5, 5.41) is 0. The molecule has 232 valence electrons. The topological polar surface area (TPSA) is 12.9 Å². The number of aromatic nitrogens is 1. The predicted octanol–water partition coefficient (Wildman–Crippen LogP) is 14.3. The number of benzene rings is 2. The van der Waals surface area contributed by atoms with Gasteiger partial charge in [0, 0.05) is 12.4 Å². The molecule has 0 saturated carbocycles. The summed E-state index contributed by atoms with van der Waals surface area (Å²) in [5.74, 6) is 1.49. The molecule has 0 bridgehead atoms. The molecule has 0 N–H and O–H groups in total. The zero-order valence-electron chi connectivity index (χ0n) is 26.8. The van der Waals surface area contributed by atoms with Gasteiger partial charge in [-0.2, -0.15) is 0 Å². The molecule has 2 aromatic carbocycles. The van der Waals surface area contributed by atoms with Gasteiger partial charge in [-0.3, -0.25) is 4.98 Å². The van der Waals surface area contributed by atoms with Crippen molar-refractivity contribution < 1.29 is 0 Å².